The molecule has 1 aliphatic carbocycles. The molecule has 2 heterocycles. The lowest BCUT2D eigenvalue weighted by atomic mass is 10.2. The van der Waals surface area contributed by atoms with E-state index in [0.29, 0.717) is 0 Å². The summed E-state index contributed by atoms with van der Waals surface area (Å²) in [4.78, 5) is 21.7. The monoisotopic (exact) mass is 295 g/mol. The highest BCUT2D eigenvalue weighted by molar-refractivity contribution is 7.21. The molecule has 0 spiro atoms. The number of pyridine rings is 1. The van der Waals surface area contributed by atoms with E-state index in [4.69, 9.17) is 0 Å². The summed E-state index contributed by atoms with van der Waals surface area (Å²) in [5.41, 5.74) is 2.74. The number of aromatic nitrogens is 2. The first-order valence-electron chi connectivity index (χ1n) is 6.92. The average molecular weight is 295 g/mol. The van der Waals surface area contributed by atoms with Gasteiger partial charge in [-0.2, -0.15) is 0 Å². The van der Waals surface area contributed by atoms with Gasteiger partial charge in [0.25, 0.3) is 0 Å². The summed E-state index contributed by atoms with van der Waals surface area (Å²) >= 11 is 1.56. The first-order valence-corrected chi connectivity index (χ1v) is 7.74. The number of nitrogens with one attached hydrogen (secondary N) is 1. The number of hydrogen-bond donors (Lipinski definition) is 1. The molecule has 5 heteroatoms. The van der Waals surface area contributed by atoms with Crippen LogP contribution in [-0.2, 0) is 4.79 Å². The Labute approximate surface area is 125 Å². The number of benzene rings is 1. The van der Waals surface area contributed by atoms with Crippen LogP contribution in [0.3, 0.4) is 0 Å². The molecule has 1 aromatic carbocycles. The van der Waals surface area contributed by atoms with Gasteiger partial charge in [-0.15, -0.1) is 0 Å². The molecule has 0 atom stereocenters. The molecule has 4 rings (SSSR count). The molecule has 1 fully saturated rings. The van der Waals surface area contributed by atoms with E-state index in [-0.39, 0.29) is 11.8 Å². The molecule has 0 unspecified atom stereocenters. The number of thiazole rings is 1. The van der Waals surface area contributed by atoms with Gasteiger partial charge in [0.15, 0.2) is 0 Å². The zero-order chi connectivity index (χ0) is 14.2. The molecule has 104 valence electrons. The third kappa shape index (κ3) is 2.52. The fraction of sp³-hybridized carbons (Fsp3) is 0.188. The second-order valence-electron chi connectivity index (χ2n) is 5.19. The lowest BCUT2D eigenvalue weighted by Gasteiger charge is -2.05. The van der Waals surface area contributed by atoms with Gasteiger partial charge in [-0.3, -0.25) is 4.79 Å². The maximum absolute atomic E-state index is 11.8. The van der Waals surface area contributed by atoms with E-state index in [2.05, 4.69) is 15.3 Å². The van der Waals surface area contributed by atoms with Gasteiger partial charge < -0.3 is 5.32 Å². The number of anilines is 1. The zero-order valence-electron chi connectivity index (χ0n) is 11.2. The number of hydrogen-bond acceptors (Lipinski definition) is 4. The van der Waals surface area contributed by atoms with Crippen LogP contribution in [0.15, 0.2) is 42.6 Å². The minimum absolute atomic E-state index is 0.123. The Hall–Kier alpha value is -2.27. The van der Waals surface area contributed by atoms with Crippen molar-refractivity contribution < 1.29 is 4.79 Å². The van der Waals surface area contributed by atoms with Gasteiger partial charge in [-0.25, -0.2) is 9.97 Å². The standard InChI is InChI=1S/C16H13N3OS/c20-14(10-6-7-10)18-12-4-1-3-11(9-12)15-19-13-5-2-8-17-16(13)21-15/h1-5,8-10H,6-7H2,(H,18,20). The summed E-state index contributed by atoms with van der Waals surface area (Å²) < 4.78 is 0. The fourth-order valence-electron chi connectivity index (χ4n) is 2.21. The van der Waals surface area contributed by atoms with Crippen molar-refractivity contribution in [3.05, 3.63) is 42.6 Å². The molecular weight excluding hydrogens is 282 g/mol. The third-order valence-corrected chi connectivity index (χ3v) is 4.52. The van der Waals surface area contributed by atoms with E-state index >= 15 is 0 Å². The van der Waals surface area contributed by atoms with Crippen LogP contribution < -0.4 is 5.32 Å². The van der Waals surface area contributed by atoms with Crippen molar-refractivity contribution in [2.24, 2.45) is 5.92 Å². The quantitative estimate of drug-likeness (QED) is 0.801. The van der Waals surface area contributed by atoms with Crippen LogP contribution in [0, 0.1) is 5.92 Å². The van der Waals surface area contributed by atoms with Crippen LogP contribution in [-0.4, -0.2) is 15.9 Å². The summed E-state index contributed by atoms with van der Waals surface area (Å²) in [6, 6.07) is 11.7. The van der Waals surface area contributed by atoms with E-state index in [9.17, 15) is 4.79 Å². The van der Waals surface area contributed by atoms with Crippen LogP contribution in [0.2, 0.25) is 0 Å². The number of nitrogens with zero attached hydrogens (tertiary/aromatic N) is 2. The van der Waals surface area contributed by atoms with Gasteiger partial charge in [0.2, 0.25) is 5.91 Å². The normalized spacial score (nSPS) is 14.3. The second kappa shape index (κ2) is 4.93. The molecule has 4 nitrogen and oxygen atoms in total. The van der Waals surface area contributed by atoms with Gasteiger partial charge in [-0.05, 0) is 37.1 Å². The van der Waals surface area contributed by atoms with Crippen LogP contribution in [0.1, 0.15) is 12.8 Å². The summed E-state index contributed by atoms with van der Waals surface area (Å²) in [6.07, 6.45) is 3.79. The largest absolute Gasteiger partial charge is 0.326 e. The number of rotatable bonds is 3. The minimum atomic E-state index is 0.123. The highest BCUT2D eigenvalue weighted by Gasteiger charge is 2.29. The molecule has 1 aliphatic rings. The van der Waals surface area contributed by atoms with Crippen molar-refractivity contribution in [1.29, 1.82) is 0 Å². The lowest BCUT2D eigenvalue weighted by molar-refractivity contribution is -0.117. The number of amides is 1. The summed E-state index contributed by atoms with van der Waals surface area (Å²) in [5.74, 6) is 0.332. The molecule has 0 aliphatic heterocycles. The maximum atomic E-state index is 11.8. The van der Waals surface area contributed by atoms with Crippen molar-refractivity contribution in [2.75, 3.05) is 5.32 Å². The molecule has 1 saturated carbocycles. The van der Waals surface area contributed by atoms with E-state index in [1.165, 1.54) is 0 Å². The second-order valence-corrected chi connectivity index (χ2v) is 6.17. The number of carbonyl (C=O) groups excluding carboxylic acids is 1. The molecule has 21 heavy (non-hydrogen) atoms. The molecule has 3 aromatic rings. The van der Waals surface area contributed by atoms with E-state index < -0.39 is 0 Å². The Morgan fingerprint density at radius 2 is 2.14 bits per heavy atom. The molecular formula is C16H13N3OS. The van der Waals surface area contributed by atoms with E-state index in [1.54, 1.807) is 17.5 Å². The molecule has 0 bridgehead atoms. The number of carbonyl (C=O) groups is 1. The predicted molar refractivity (Wildman–Crippen MR) is 84.2 cm³/mol. The van der Waals surface area contributed by atoms with Crippen molar-refractivity contribution in [3.63, 3.8) is 0 Å². The van der Waals surface area contributed by atoms with Crippen LogP contribution >= 0.6 is 11.3 Å². The smallest absolute Gasteiger partial charge is 0.227 e. The van der Waals surface area contributed by atoms with E-state index in [0.717, 1.165) is 39.4 Å². The Morgan fingerprint density at radius 3 is 2.95 bits per heavy atom. The van der Waals surface area contributed by atoms with Gasteiger partial charge in [-0.1, -0.05) is 23.5 Å². The van der Waals surface area contributed by atoms with Crippen molar-refractivity contribution in [2.45, 2.75) is 12.8 Å². The predicted octanol–water partition coefficient (Wildman–Crippen LogP) is 3.71. The lowest BCUT2D eigenvalue weighted by Crippen LogP contribution is -2.13. The maximum Gasteiger partial charge on any atom is 0.227 e. The summed E-state index contributed by atoms with van der Waals surface area (Å²) in [5, 5.41) is 3.89. The zero-order valence-corrected chi connectivity index (χ0v) is 12.1. The molecule has 1 N–H and O–H groups in total. The van der Waals surface area contributed by atoms with Gasteiger partial charge >= 0.3 is 0 Å². The fourth-order valence-corrected chi connectivity index (χ4v) is 3.12. The van der Waals surface area contributed by atoms with Crippen LogP contribution in [0.4, 0.5) is 5.69 Å². The highest BCUT2D eigenvalue weighted by atomic mass is 32.1. The van der Waals surface area contributed by atoms with Gasteiger partial charge in [0.1, 0.15) is 15.4 Å². The molecule has 0 radical (unpaired) electrons. The average Bonchev–Trinajstić information content (AvgIpc) is 3.26. The Balaban J connectivity index is 1.66. The van der Waals surface area contributed by atoms with Crippen molar-refractivity contribution in [3.8, 4) is 10.6 Å². The Morgan fingerprint density at radius 1 is 1.24 bits per heavy atom. The van der Waals surface area contributed by atoms with Crippen LogP contribution in [0.5, 0.6) is 0 Å². The third-order valence-electron chi connectivity index (χ3n) is 3.49. The SMILES string of the molecule is O=C(Nc1cccc(-c2nc3cccnc3s2)c1)C1CC1. The summed E-state index contributed by atoms with van der Waals surface area (Å²) in [7, 11) is 0. The highest BCUT2D eigenvalue weighted by Crippen LogP contribution is 2.32. The van der Waals surface area contributed by atoms with Gasteiger partial charge in [0, 0.05) is 23.4 Å². The molecule has 0 saturated heterocycles. The molecule has 1 amide bonds. The Kier molecular flexibility index (Phi) is 2.93. The van der Waals surface area contributed by atoms with Crippen molar-refractivity contribution >= 4 is 33.3 Å². The molecule has 2 aromatic heterocycles. The van der Waals surface area contributed by atoms with E-state index in [1.807, 2.05) is 36.4 Å². The first-order chi connectivity index (χ1) is 10.3. The van der Waals surface area contributed by atoms with Crippen LogP contribution in [0.25, 0.3) is 20.9 Å². The van der Waals surface area contributed by atoms with Crippen molar-refractivity contribution in [1.82, 2.24) is 9.97 Å². The van der Waals surface area contributed by atoms with Gasteiger partial charge in [0.05, 0.1) is 0 Å². The first kappa shape index (κ1) is 12.5. The Bertz CT molecular complexity index is 790. The summed E-state index contributed by atoms with van der Waals surface area (Å²) in [6.45, 7) is 0. The topological polar surface area (TPSA) is 54.9 Å². The minimum Gasteiger partial charge on any atom is -0.326 e. The number of fused-ring (bicyclic) bond motifs is 1.